The van der Waals surface area contributed by atoms with Crippen molar-refractivity contribution in [2.45, 2.75) is 24.7 Å². The molecule has 1 fully saturated rings. The van der Waals surface area contributed by atoms with Gasteiger partial charge in [0.05, 0.1) is 7.11 Å². The summed E-state index contributed by atoms with van der Waals surface area (Å²) in [6.45, 7) is 0.668. The number of ether oxygens (including phenoxy) is 1. The molecule has 1 saturated carbocycles. The van der Waals surface area contributed by atoms with E-state index in [1.165, 1.54) is 6.42 Å². The summed E-state index contributed by atoms with van der Waals surface area (Å²) in [5.74, 6) is 0.711. The van der Waals surface area contributed by atoms with Crippen LogP contribution in [0.5, 0.6) is 5.88 Å². The molecule has 0 spiro atoms. The predicted molar refractivity (Wildman–Crippen MR) is 63.1 cm³/mol. The van der Waals surface area contributed by atoms with Crippen molar-refractivity contribution in [1.82, 2.24) is 4.98 Å². The zero-order valence-corrected chi connectivity index (χ0v) is 10.4. The van der Waals surface area contributed by atoms with Crippen molar-refractivity contribution in [2.75, 3.05) is 13.7 Å². The van der Waals surface area contributed by atoms with E-state index in [0.717, 1.165) is 22.9 Å². The van der Waals surface area contributed by atoms with Crippen LogP contribution in [0.3, 0.4) is 0 Å². The summed E-state index contributed by atoms with van der Waals surface area (Å²) in [6, 6.07) is 2.08. The standard InChI is InChI=1S/C11H15BrN2O/c1-15-10-9(5-8(12)6-14-10)11(7-13)3-2-4-11/h5-6H,2-4,7,13H2,1H3. The van der Waals surface area contributed by atoms with E-state index in [2.05, 4.69) is 27.0 Å². The summed E-state index contributed by atoms with van der Waals surface area (Å²) in [5, 5.41) is 0. The number of hydrogen-bond acceptors (Lipinski definition) is 3. The second-order valence-electron chi connectivity index (χ2n) is 4.05. The minimum atomic E-state index is 0.0993. The maximum atomic E-state index is 5.88. The largest absolute Gasteiger partial charge is 0.481 e. The van der Waals surface area contributed by atoms with Crippen LogP contribution in [0.15, 0.2) is 16.7 Å². The molecule has 0 aliphatic heterocycles. The fourth-order valence-corrected chi connectivity index (χ4v) is 2.49. The third-order valence-electron chi connectivity index (χ3n) is 3.28. The molecule has 1 aliphatic carbocycles. The average molecular weight is 271 g/mol. The van der Waals surface area contributed by atoms with Gasteiger partial charge >= 0.3 is 0 Å². The Bertz CT molecular complexity index is 358. The zero-order valence-electron chi connectivity index (χ0n) is 8.79. The predicted octanol–water partition coefficient (Wildman–Crippen LogP) is 2.23. The monoisotopic (exact) mass is 270 g/mol. The molecular weight excluding hydrogens is 256 g/mol. The van der Waals surface area contributed by atoms with Crippen LogP contribution in [0, 0.1) is 0 Å². The molecule has 3 nitrogen and oxygen atoms in total. The number of halogens is 1. The Hall–Kier alpha value is -0.610. The second kappa shape index (κ2) is 4.10. The van der Waals surface area contributed by atoms with Crippen molar-refractivity contribution in [3.63, 3.8) is 0 Å². The van der Waals surface area contributed by atoms with Gasteiger partial charge in [0.15, 0.2) is 0 Å². The van der Waals surface area contributed by atoms with Crippen LogP contribution in [-0.2, 0) is 5.41 Å². The number of hydrogen-bond donors (Lipinski definition) is 1. The lowest BCUT2D eigenvalue weighted by Gasteiger charge is -2.41. The zero-order chi connectivity index (χ0) is 10.9. The maximum Gasteiger partial charge on any atom is 0.216 e. The molecule has 0 amide bonds. The Balaban J connectivity index is 2.44. The lowest BCUT2D eigenvalue weighted by Crippen LogP contribution is -2.41. The molecule has 0 aromatic carbocycles. The van der Waals surface area contributed by atoms with E-state index >= 15 is 0 Å². The van der Waals surface area contributed by atoms with Gasteiger partial charge in [-0.3, -0.25) is 0 Å². The normalized spacial score (nSPS) is 18.3. The molecule has 1 heterocycles. The third kappa shape index (κ3) is 1.76. The van der Waals surface area contributed by atoms with E-state index in [0.29, 0.717) is 12.4 Å². The van der Waals surface area contributed by atoms with Crippen molar-refractivity contribution in [1.29, 1.82) is 0 Å². The summed E-state index contributed by atoms with van der Waals surface area (Å²) in [6.07, 6.45) is 5.27. The summed E-state index contributed by atoms with van der Waals surface area (Å²) in [4.78, 5) is 4.27. The molecule has 2 rings (SSSR count). The maximum absolute atomic E-state index is 5.88. The molecule has 15 heavy (non-hydrogen) atoms. The van der Waals surface area contributed by atoms with Gasteiger partial charge in [0, 0.05) is 28.2 Å². The van der Waals surface area contributed by atoms with Crippen LogP contribution in [-0.4, -0.2) is 18.6 Å². The van der Waals surface area contributed by atoms with E-state index in [1.54, 1.807) is 13.3 Å². The third-order valence-corrected chi connectivity index (χ3v) is 3.72. The lowest BCUT2D eigenvalue weighted by atomic mass is 9.65. The summed E-state index contributed by atoms with van der Waals surface area (Å²) >= 11 is 3.44. The van der Waals surface area contributed by atoms with Crippen LogP contribution in [0.2, 0.25) is 0 Å². The van der Waals surface area contributed by atoms with Gasteiger partial charge in [0.2, 0.25) is 5.88 Å². The molecule has 1 aliphatic rings. The molecule has 0 radical (unpaired) electrons. The smallest absolute Gasteiger partial charge is 0.216 e. The number of rotatable bonds is 3. The molecule has 82 valence electrons. The SMILES string of the molecule is COc1ncc(Br)cc1C1(CN)CCC1. The highest BCUT2D eigenvalue weighted by atomic mass is 79.9. The van der Waals surface area contributed by atoms with Gasteiger partial charge in [-0.2, -0.15) is 0 Å². The highest BCUT2D eigenvalue weighted by molar-refractivity contribution is 9.10. The van der Waals surface area contributed by atoms with E-state index in [9.17, 15) is 0 Å². The first-order chi connectivity index (χ1) is 7.22. The molecule has 2 N–H and O–H groups in total. The van der Waals surface area contributed by atoms with Gasteiger partial charge < -0.3 is 10.5 Å². The Kier molecular flexibility index (Phi) is 2.98. The molecular formula is C11H15BrN2O. The molecule has 1 aromatic rings. The minimum absolute atomic E-state index is 0.0993. The van der Waals surface area contributed by atoms with Gasteiger partial charge in [0.1, 0.15) is 0 Å². The number of pyridine rings is 1. The number of aromatic nitrogens is 1. The first-order valence-electron chi connectivity index (χ1n) is 5.12. The van der Waals surface area contributed by atoms with Crippen molar-refractivity contribution < 1.29 is 4.74 Å². The van der Waals surface area contributed by atoms with Gasteiger partial charge in [0.25, 0.3) is 0 Å². The first kappa shape index (κ1) is 10.9. The number of nitrogens with zero attached hydrogens (tertiary/aromatic N) is 1. The highest BCUT2D eigenvalue weighted by Crippen LogP contribution is 2.46. The number of nitrogens with two attached hydrogens (primary N) is 1. The van der Waals surface area contributed by atoms with Crippen LogP contribution in [0.4, 0.5) is 0 Å². The van der Waals surface area contributed by atoms with Crippen LogP contribution < -0.4 is 10.5 Å². The first-order valence-corrected chi connectivity index (χ1v) is 5.91. The molecule has 0 saturated heterocycles. The van der Waals surface area contributed by atoms with E-state index < -0.39 is 0 Å². The Morgan fingerprint density at radius 3 is 2.80 bits per heavy atom. The topological polar surface area (TPSA) is 48.1 Å². The van der Waals surface area contributed by atoms with Gasteiger partial charge in [-0.25, -0.2) is 4.98 Å². The van der Waals surface area contributed by atoms with Crippen LogP contribution >= 0.6 is 15.9 Å². The van der Waals surface area contributed by atoms with Crippen LogP contribution in [0.25, 0.3) is 0 Å². The highest BCUT2D eigenvalue weighted by Gasteiger charge is 2.40. The summed E-state index contributed by atoms with van der Waals surface area (Å²) < 4.78 is 6.28. The van der Waals surface area contributed by atoms with E-state index in [-0.39, 0.29) is 5.41 Å². The number of methoxy groups -OCH3 is 1. The summed E-state index contributed by atoms with van der Waals surface area (Å²) in [5.41, 5.74) is 7.12. The van der Waals surface area contributed by atoms with Crippen LogP contribution in [0.1, 0.15) is 24.8 Å². The van der Waals surface area contributed by atoms with E-state index in [4.69, 9.17) is 10.5 Å². The fraction of sp³-hybridized carbons (Fsp3) is 0.545. The average Bonchev–Trinajstić information content (AvgIpc) is 2.17. The molecule has 0 bridgehead atoms. The quantitative estimate of drug-likeness (QED) is 0.917. The van der Waals surface area contributed by atoms with Gasteiger partial charge in [-0.05, 0) is 34.8 Å². The van der Waals surface area contributed by atoms with Gasteiger partial charge in [-0.1, -0.05) is 6.42 Å². The minimum Gasteiger partial charge on any atom is -0.481 e. The summed E-state index contributed by atoms with van der Waals surface area (Å²) in [7, 11) is 1.66. The second-order valence-corrected chi connectivity index (χ2v) is 4.96. The van der Waals surface area contributed by atoms with Crippen molar-refractivity contribution in [2.24, 2.45) is 5.73 Å². The molecule has 0 unspecified atom stereocenters. The van der Waals surface area contributed by atoms with Crippen molar-refractivity contribution in [3.05, 3.63) is 22.3 Å². The van der Waals surface area contributed by atoms with Crippen molar-refractivity contribution in [3.8, 4) is 5.88 Å². The Morgan fingerprint density at radius 1 is 1.60 bits per heavy atom. The lowest BCUT2D eigenvalue weighted by molar-refractivity contribution is 0.241. The van der Waals surface area contributed by atoms with Crippen molar-refractivity contribution >= 4 is 15.9 Å². The van der Waals surface area contributed by atoms with E-state index in [1.807, 2.05) is 0 Å². The Morgan fingerprint density at radius 2 is 2.33 bits per heavy atom. The van der Waals surface area contributed by atoms with Gasteiger partial charge in [-0.15, -0.1) is 0 Å². The molecule has 0 atom stereocenters. The molecule has 4 heteroatoms. The molecule has 1 aromatic heterocycles. The fourth-order valence-electron chi connectivity index (χ4n) is 2.16. The Labute approximate surface area is 98.2 Å².